The summed E-state index contributed by atoms with van der Waals surface area (Å²) < 4.78 is 12.9. The normalized spacial score (nSPS) is 11.3. The van der Waals surface area contributed by atoms with Crippen molar-refractivity contribution < 1.29 is 13.9 Å². The molecule has 5 nitrogen and oxygen atoms in total. The topological polar surface area (TPSA) is 63.8 Å². The first-order valence-electron chi connectivity index (χ1n) is 6.35. The summed E-state index contributed by atoms with van der Waals surface area (Å²) in [6.07, 6.45) is 6.41. The van der Waals surface area contributed by atoms with E-state index in [0.29, 0.717) is 11.5 Å². The standard InChI is InChI=1S/C15H11Br3N2O3/c16-10-7-12(17)15(13(18)8-10)23-9-14(21)20-19-5-1-3-11-4-2-6-22-11/h1-8H,9H2,(H,20,21)/b3-1+,19-5-. The molecule has 0 unspecified atom stereocenters. The van der Waals surface area contributed by atoms with Crippen molar-refractivity contribution in [3.63, 3.8) is 0 Å². The molecule has 23 heavy (non-hydrogen) atoms. The van der Waals surface area contributed by atoms with Crippen molar-refractivity contribution in [2.24, 2.45) is 5.10 Å². The molecule has 0 saturated carbocycles. The second kappa shape index (κ2) is 9.05. The molecule has 1 heterocycles. The van der Waals surface area contributed by atoms with Crippen molar-refractivity contribution in [3.05, 3.63) is 55.8 Å². The van der Waals surface area contributed by atoms with Crippen LogP contribution in [0.1, 0.15) is 5.76 Å². The highest BCUT2D eigenvalue weighted by Crippen LogP contribution is 2.36. The molecule has 1 amide bonds. The van der Waals surface area contributed by atoms with Crippen molar-refractivity contribution in [2.75, 3.05) is 6.61 Å². The summed E-state index contributed by atoms with van der Waals surface area (Å²) in [7, 11) is 0. The lowest BCUT2D eigenvalue weighted by Gasteiger charge is -2.09. The first-order valence-corrected chi connectivity index (χ1v) is 8.73. The van der Waals surface area contributed by atoms with Crippen LogP contribution in [0.25, 0.3) is 6.08 Å². The quantitative estimate of drug-likeness (QED) is 0.454. The van der Waals surface area contributed by atoms with Crippen LogP contribution in [-0.2, 0) is 4.79 Å². The molecular weight excluding hydrogens is 496 g/mol. The van der Waals surface area contributed by atoms with Crippen LogP contribution in [0, 0.1) is 0 Å². The van der Waals surface area contributed by atoms with E-state index in [0.717, 1.165) is 13.4 Å². The van der Waals surface area contributed by atoms with Crippen molar-refractivity contribution in [2.45, 2.75) is 0 Å². The van der Waals surface area contributed by atoms with E-state index in [-0.39, 0.29) is 12.5 Å². The lowest BCUT2D eigenvalue weighted by molar-refractivity contribution is -0.123. The molecule has 2 rings (SSSR count). The number of hydrogen-bond acceptors (Lipinski definition) is 4. The number of carbonyl (C=O) groups excluding carboxylic acids is 1. The number of rotatable bonds is 6. The molecule has 0 bridgehead atoms. The molecule has 2 aromatic rings. The zero-order chi connectivity index (χ0) is 16.7. The number of ether oxygens (including phenoxy) is 1. The van der Waals surface area contributed by atoms with E-state index in [4.69, 9.17) is 9.15 Å². The van der Waals surface area contributed by atoms with Gasteiger partial charge in [0.05, 0.1) is 15.2 Å². The van der Waals surface area contributed by atoms with Gasteiger partial charge in [-0.25, -0.2) is 5.43 Å². The van der Waals surface area contributed by atoms with Crippen LogP contribution >= 0.6 is 47.8 Å². The highest BCUT2D eigenvalue weighted by Gasteiger charge is 2.10. The lowest BCUT2D eigenvalue weighted by atomic mass is 10.3. The number of benzene rings is 1. The molecule has 0 aliphatic rings. The van der Waals surface area contributed by atoms with Crippen molar-refractivity contribution in [1.82, 2.24) is 5.43 Å². The number of hydrogen-bond donors (Lipinski definition) is 1. The molecule has 1 aromatic carbocycles. The number of allylic oxidation sites excluding steroid dienone is 1. The van der Waals surface area contributed by atoms with Gasteiger partial charge in [-0.1, -0.05) is 15.9 Å². The van der Waals surface area contributed by atoms with Gasteiger partial charge in [0, 0.05) is 10.7 Å². The van der Waals surface area contributed by atoms with Crippen LogP contribution in [0.4, 0.5) is 0 Å². The lowest BCUT2D eigenvalue weighted by Crippen LogP contribution is -2.24. The highest BCUT2D eigenvalue weighted by molar-refractivity contribution is 9.11. The molecule has 0 atom stereocenters. The fraction of sp³-hybridized carbons (Fsp3) is 0.0667. The molecule has 8 heteroatoms. The largest absolute Gasteiger partial charge is 0.481 e. The Morgan fingerprint density at radius 2 is 2.04 bits per heavy atom. The summed E-state index contributed by atoms with van der Waals surface area (Å²) in [6, 6.07) is 7.25. The molecular formula is C15H11Br3N2O3. The van der Waals surface area contributed by atoms with Gasteiger partial charge in [-0.05, 0) is 68.3 Å². The predicted octanol–water partition coefficient (Wildman–Crippen LogP) is 4.76. The van der Waals surface area contributed by atoms with Gasteiger partial charge < -0.3 is 9.15 Å². The van der Waals surface area contributed by atoms with Gasteiger partial charge in [0.15, 0.2) is 6.61 Å². The minimum absolute atomic E-state index is 0.155. The molecule has 0 aliphatic heterocycles. The Morgan fingerprint density at radius 3 is 2.70 bits per heavy atom. The second-order valence-electron chi connectivity index (χ2n) is 4.17. The maximum absolute atomic E-state index is 11.7. The molecule has 1 aromatic heterocycles. The molecule has 0 saturated heterocycles. The van der Waals surface area contributed by atoms with E-state index in [1.165, 1.54) is 6.21 Å². The molecule has 0 fully saturated rings. The number of nitrogens with zero attached hydrogens (tertiary/aromatic N) is 1. The predicted molar refractivity (Wildman–Crippen MR) is 99.4 cm³/mol. The van der Waals surface area contributed by atoms with E-state index >= 15 is 0 Å². The molecule has 1 N–H and O–H groups in total. The van der Waals surface area contributed by atoms with Crippen LogP contribution in [0.2, 0.25) is 0 Å². The fourth-order valence-corrected chi connectivity index (χ4v) is 4.00. The minimum Gasteiger partial charge on any atom is -0.481 e. The Hall–Kier alpha value is -1.38. The van der Waals surface area contributed by atoms with Gasteiger partial charge in [0.2, 0.25) is 0 Å². The average molecular weight is 507 g/mol. The van der Waals surface area contributed by atoms with Crippen LogP contribution in [-0.4, -0.2) is 18.7 Å². The number of furan rings is 1. The number of amides is 1. The Kier molecular flexibility index (Phi) is 7.07. The highest BCUT2D eigenvalue weighted by atomic mass is 79.9. The van der Waals surface area contributed by atoms with E-state index < -0.39 is 0 Å². The van der Waals surface area contributed by atoms with E-state index in [1.54, 1.807) is 24.5 Å². The summed E-state index contributed by atoms with van der Waals surface area (Å²) >= 11 is 10.1. The zero-order valence-corrected chi connectivity index (χ0v) is 16.4. The van der Waals surface area contributed by atoms with Crippen LogP contribution in [0.15, 0.2) is 59.5 Å². The molecule has 0 spiro atoms. The monoisotopic (exact) mass is 504 g/mol. The fourth-order valence-electron chi connectivity index (χ4n) is 1.51. The zero-order valence-electron chi connectivity index (χ0n) is 11.6. The van der Waals surface area contributed by atoms with Gasteiger partial charge >= 0.3 is 0 Å². The smallest absolute Gasteiger partial charge is 0.277 e. The SMILES string of the molecule is O=C(COc1c(Br)cc(Br)cc1Br)N/N=C\C=C\c1ccco1. The Bertz CT molecular complexity index is 705. The molecule has 0 aliphatic carbocycles. The third-order valence-corrected chi connectivity index (χ3v) is 4.10. The van der Waals surface area contributed by atoms with E-state index in [2.05, 4.69) is 58.3 Å². The third kappa shape index (κ3) is 5.96. The number of halogens is 3. The summed E-state index contributed by atoms with van der Waals surface area (Å²) in [5, 5.41) is 3.78. The first-order chi connectivity index (χ1) is 11.1. The molecule has 120 valence electrons. The Morgan fingerprint density at radius 1 is 1.30 bits per heavy atom. The number of carbonyl (C=O) groups is 1. The summed E-state index contributed by atoms with van der Waals surface area (Å²) in [5.74, 6) is 0.885. The third-order valence-electron chi connectivity index (χ3n) is 2.46. The maximum atomic E-state index is 11.7. The van der Waals surface area contributed by atoms with Gasteiger partial charge in [-0.3, -0.25) is 4.79 Å². The van der Waals surface area contributed by atoms with Crippen LogP contribution in [0.3, 0.4) is 0 Å². The summed E-state index contributed by atoms with van der Waals surface area (Å²) in [4.78, 5) is 11.7. The van der Waals surface area contributed by atoms with Crippen LogP contribution < -0.4 is 10.2 Å². The second-order valence-corrected chi connectivity index (χ2v) is 6.80. The first kappa shape index (κ1) is 18.0. The van der Waals surface area contributed by atoms with Crippen molar-refractivity contribution in [1.29, 1.82) is 0 Å². The van der Waals surface area contributed by atoms with E-state index in [9.17, 15) is 4.79 Å². The van der Waals surface area contributed by atoms with Gasteiger partial charge in [0.1, 0.15) is 11.5 Å². The van der Waals surface area contributed by atoms with Gasteiger partial charge in [-0.2, -0.15) is 5.10 Å². The van der Waals surface area contributed by atoms with E-state index in [1.807, 2.05) is 18.2 Å². The number of nitrogens with one attached hydrogen (secondary N) is 1. The Balaban J connectivity index is 1.79. The minimum atomic E-state index is -0.366. The Labute approximate surface area is 158 Å². The summed E-state index contributed by atoms with van der Waals surface area (Å²) in [5.41, 5.74) is 2.37. The van der Waals surface area contributed by atoms with Gasteiger partial charge in [0.25, 0.3) is 5.91 Å². The number of hydrazone groups is 1. The summed E-state index contributed by atoms with van der Waals surface area (Å²) in [6.45, 7) is -0.155. The van der Waals surface area contributed by atoms with Gasteiger partial charge in [-0.15, -0.1) is 0 Å². The van der Waals surface area contributed by atoms with Crippen molar-refractivity contribution in [3.8, 4) is 5.75 Å². The maximum Gasteiger partial charge on any atom is 0.277 e. The van der Waals surface area contributed by atoms with Crippen molar-refractivity contribution >= 4 is 66.0 Å². The molecule has 0 radical (unpaired) electrons. The van der Waals surface area contributed by atoms with Crippen LogP contribution in [0.5, 0.6) is 5.75 Å². The average Bonchev–Trinajstić information content (AvgIpc) is 2.99.